The van der Waals surface area contributed by atoms with Gasteiger partial charge in [-0.25, -0.2) is 15.0 Å². The molecule has 69 heavy (non-hydrogen) atoms. The molecule has 0 aliphatic carbocycles. The van der Waals surface area contributed by atoms with Crippen LogP contribution in [0.25, 0.3) is 139 Å². The summed E-state index contributed by atoms with van der Waals surface area (Å²) in [5.74, 6) is 1.86. The molecular weight excluding hydrogens is 845 g/mol. The maximum Gasteiger partial charge on any atom is 0.164 e. The largest absolute Gasteiger partial charge is 0.455 e. The molecule has 14 rings (SSSR count). The predicted molar refractivity (Wildman–Crippen MR) is 281 cm³/mol. The average molecular weight is 883 g/mol. The fourth-order valence-electron chi connectivity index (χ4n) is 10.3. The molecule has 322 valence electrons. The molecule has 0 saturated heterocycles. The summed E-state index contributed by atoms with van der Waals surface area (Å²) in [7, 11) is 0. The average Bonchev–Trinajstić information content (AvgIpc) is 4.12. The molecular formula is C63H38N4O2. The Balaban J connectivity index is 0.934. The van der Waals surface area contributed by atoms with Gasteiger partial charge in [-0.05, 0) is 70.3 Å². The Morgan fingerprint density at radius 2 is 0.841 bits per heavy atom. The van der Waals surface area contributed by atoms with Gasteiger partial charge in [0.1, 0.15) is 16.7 Å². The molecule has 4 aromatic heterocycles. The van der Waals surface area contributed by atoms with E-state index < -0.39 is 0 Å². The summed E-state index contributed by atoms with van der Waals surface area (Å²) in [6, 6.07) is 80.2. The van der Waals surface area contributed by atoms with Gasteiger partial charge in [0.15, 0.2) is 23.1 Å². The van der Waals surface area contributed by atoms with Crippen molar-refractivity contribution in [2.45, 2.75) is 0 Å². The van der Waals surface area contributed by atoms with Crippen LogP contribution in [0.5, 0.6) is 0 Å². The summed E-state index contributed by atoms with van der Waals surface area (Å²) < 4.78 is 16.3. The molecule has 6 nitrogen and oxygen atoms in total. The SMILES string of the molecule is c1ccc(-c2ccc3c(c2)c2ccccc2n3-c2ccc(-c3cccc4c3oc3cccc(-c5cccc(-c6nc(-c7ccccc7)nc(-c7ccccc7)n6)c5)c34)c3c2oc2ccccc23)cc1. The van der Waals surface area contributed by atoms with Crippen LogP contribution in [0.3, 0.4) is 0 Å². The van der Waals surface area contributed by atoms with Crippen molar-refractivity contribution in [1.29, 1.82) is 0 Å². The highest BCUT2D eigenvalue weighted by atomic mass is 16.3. The van der Waals surface area contributed by atoms with Gasteiger partial charge in [0.25, 0.3) is 0 Å². The lowest BCUT2D eigenvalue weighted by Gasteiger charge is -2.12. The smallest absolute Gasteiger partial charge is 0.164 e. The van der Waals surface area contributed by atoms with Crippen LogP contribution in [0.1, 0.15) is 0 Å². The topological polar surface area (TPSA) is 69.9 Å². The quantitative estimate of drug-likeness (QED) is 0.159. The molecule has 10 aromatic carbocycles. The molecule has 0 fully saturated rings. The van der Waals surface area contributed by atoms with Crippen molar-refractivity contribution in [1.82, 2.24) is 19.5 Å². The summed E-state index contributed by atoms with van der Waals surface area (Å²) in [6.45, 7) is 0. The van der Waals surface area contributed by atoms with Crippen LogP contribution >= 0.6 is 0 Å². The van der Waals surface area contributed by atoms with E-state index in [1.165, 1.54) is 21.9 Å². The molecule has 14 aromatic rings. The lowest BCUT2D eigenvalue weighted by molar-refractivity contribution is 0.666. The molecule has 4 heterocycles. The van der Waals surface area contributed by atoms with E-state index >= 15 is 0 Å². The van der Waals surface area contributed by atoms with Crippen molar-refractivity contribution >= 4 is 65.7 Å². The van der Waals surface area contributed by atoms with E-state index in [0.29, 0.717) is 17.5 Å². The highest BCUT2D eigenvalue weighted by Gasteiger charge is 2.24. The van der Waals surface area contributed by atoms with Gasteiger partial charge < -0.3 is 13.4 Å². The molecule has 0 spiro atoms. The molecule has 0 amide bonds. The van der Waals surface area contributed by atoms with Crippen LogP contribution < -0.4 is 0 Å². The normalized spacial score (nSPS) is 11.8. The van der Waals surface area contributed by atoms with E-state index in [1.807, 2.05) is 66.7 Å². The van der Waals surface area contributed by atoms with Crippen LogP contribution in [0.15, 0.2) is 239 Å². The van der Waals surface area contributed by atoms with Gasteiger partial charge in [0, 0.05) is 54.6 Å². The van der Waals surface area contributed by atoms with Crippen molar-refractivity contribution in [3.63, 3.8) is 0 Å². The number of nitrogens with zero attached hydrogens (tertiary/aromatic N) is 4. The second-order valence-electron chi connectivity index (χ2n) is 17.5. The fourth-order valence-corrected chi connectivity index (χ4v) is 10.3. The summed E-state index contributed by atoms with van der Waals surface area (Å²) in [6.07, 6.45) is 0. The van der Waals surface area contributed by atoms with Crippen molar-refractivity contribution in [3.05, 3.63) is 231 Å². The monoisotopic (exact) mass is 882 g/mol. The Labute approximate surface area is 396 Å². The Morgan fingerprint density at radius 3 is 1.61 bits per heavy atom. The zero-order valence-electron chi connectivity index (χ0n) is 37.0. The highest BCUT2D eigenvalue weighted by molar-refractivity contribution is 6.21. The third-order valence-electron chi connectivity index (χ3n) is 13.5. The number of furan rings is 2. The first kappa shape index (κ1) is 38.8. The van der Waals surface area contributed by atoms with Gasteiger partial charge in [-0.3, -0.25) is 0 Å². The van der Waals surface area contributed by atoms with E-state index in [1.54, 1.807) is 0 Å². The molecule has 0 N–H and O–H groups in total. The number of fused-ring (bicyclic) bond motifs is 9. The zero-order chi connectivity index (χ0) is 45.4. The van der Waals surface area contributed by atoms with Crippen molar-refractivity contribution in [3.8, 4) is 73.2 Å². The second kappa shape index (κ2) is 15.6. The predicted octanol–water partition coefficient (Wildman–Crippen LogP) is 16.8. The zero-order valence-corrected chi connectivity index (χ0v) is 37.0. The van der Waals surface area contributed by atoms with Crippen molar-refractivity contribution < 1.29 is 8.83 Å². The standard InChI is InChI=1S/C63H38N4O2/c1-4-17-39(18-5-1)42-33-35-53-51(38-42)46-25-10-12-30-52(46)67(53)54-36-34-47(58-49-26-11-13-31-55(49)68-60(54)58)48-28-15-29-50-57-45(27-16-32-56(57)69-59(48)50)43-23-14-24-44(37-43)63-65-61(40-19-6-2-7-20-40)64-62(66-63)41-21-8-3-9-22-41/h1-38H. The number of hydrogen-bond donors (Lipinski definition) is 0. The number of benzene rings is 10. The third-order valence-corrected chi connectivity index (χ3v) is 13.5. The third kappa shape index (κ3) is 6.30. The number of hydrogen-bond acceptors (Lipinski definition) is 5. The Morgan fingerprint density at radius 1 is 0.290 bits per heavy atom. The summed E-state index contributed by atoms with van der Waals surface area (Å²) >= 11 is 0. The molecule has 6 heteroatoms. The molecule has 0 unspecified atom stereocenters. The minimum absolute atomic E-state index is 0.605. The lowest BCUT2D eigenvalue weighted by atomic mass is 9.94. The van der Waals surface area contributed by atoms with Crippen LogP contribution in [0.4, 0.5) is 0 Å². The minimum Gasteiger partial charge on any atom is -0.455 e. The summed E-state index contributed by atoms with van der Waals surface area (Å²) in [5, 5.41) is 6.54. The fraction of sp³-hybridized carbons (Fsp3) is 0. The number of para-hydroxylation sites is 3. The van der Waals surface area contributed by atoms with Gasteiger partial charge in [0.05, 0.1) is 16.7 Å². The number of aromatic nitrogens is 4. The van der Waals surface area contributed by atoms with Crippen LogP contribution in [0, 0.1) is 0 Å². The van der Waals surface area contributed by atoms with E-state index in [0.717, 1.165) is 99.5 Å². The van der Waals surface area contributed by atoms with Gasteiger partial charge >= 0.3 is 0 Å². The minimum atomic E-state index is 0.605. The maximum atomic E-state index is 6.98. The van der Waals surface area contributed by atoms with Gasteiger partial charge in [-0.2, -0.15) is 0 Å². The van der Waals surface area contributed by atoms with E-state index in [4.69, 9.17) is 23.8 Å². The Kier molecular flexibility index (Phi) is 8.79. The van der Waals surface area contributed by atoms with Crippen molar-refractivity contribution in [2.24, 2.45) is 0 Å². The number of rotatable bonds is 7. The van der Waals surface area contributed by atoms with Crippen molar-refractivity contribution in [2.75, 3.05) is 0 Å². The van der Waals surface area contributed by atoms with Crippen LogP contribution in [0.2, 0.25) is 0 Å². The summed E-state index contributed by atoms with van der Waals surface area (Å²) in [4.78, 5) is 15.0. The van der Waals surface area contributed by atoms with Crippen LogP contribution in [-0.4, -0.2) is 19.5 Å². The molecule has 0 radical (unpaired) electrons. The summed E-state index contributed by atoms with van der Waals surface area (Å²) in [5.41, 5.74) is 15.7. The Bertz CT molecular complexity index is 4250. The molecule has 0 aliphatic heterocycles. The van der Waals surface area contributed by atoms with Gasteiger partial charge in [-0.15, -0.1) is 0 Å². The van der Waals surface area contributed by atoms with E-state index in [9.17, 15) is 0 Å². The van der Waals surface area contributed by atoms with Crippen LogP contribution in [-0.2, 0) is 0 Å². The first-order valence-electron chi connectivity index (χ1n) is 23.2. The van der Waals surface area contributed by atoms with E-state index in [2.05, 4.69) is 168 Å². The highest BCUT2D eigenvalue weighted by Crippen LogP contribution is 2.47. The maximum absolute atomic E-state index is 6.98. The first-order chi connectivity index (χ1) is 34.2. The molecule has 0 aliphatic rings. The molecule has 0 saturated carbocycles. The van der Waals surface area contributed by atoms with E-state index in [-0.39, 0.29) is 0 Å². The lowest BCUT2D eigenvalue weighted by Crippen LogP contribution is -2.00. The Hall–Kier alpha value is -9.39. The molecule has 0 bridgehead atoms. The van der Waals surface area contributed by atoms with Gasteiger partial charge in [0.2, 0.25) is 0 Å². The second-order valence-corrected chi connectivity index (χ2v) is 17.5. The first-order valence-corrected chi connectivity index (χ1v) is 23.2. The van der Waals surface area contributed by atoms with Gasteiger partial charge in [-0.1, -0.05) is 188 Å². The molecule has 0 atom stereocenters.